The zero-order chi connectivity index (χ0) is 16.2. The normalized spacial score (nSPS) is 17.8. The van der Waals surface area contributed by atoms with Crippen molar-refractivity contribution in [3.8, 4) is 0 Å². The molecule has 2 amide bonds. The molecule has 122 valence electrons. The van der Waals surface area contributed by atoms with Crippen molar-refractivity contribution in [2.45, 2.75) is 44.7 Å². The van der Waals surface area contributed by atoms with Gasteiger partial charge in [0.15, 0.2) is 0 Å². The Labute approximate surface area is 130 Å². The number of aromatic nitrogens is 2. The van der Waals surface area contributed by atoms with E-state index in [4.69, 9.17) is 0 Å². The average Bonchev–Trinajstić information content (AvgIpc) is 2.98. The van der Waals surface area contributed by atoms with Gasteiger partial charge in [0.1, 0.15) is 5.54 Å². The van der Waals surface area contributed by atoms with Crippen LogP contribution in [0.25, 0.3) is 0 Å². The molecule has 7 nitrogen and oxygen atoms in total. The number of carbonyl (C=O) groups excluding carboxylic acids is 2. The van der Waals surface area contributed by atoms with Crippen LogP contribution in [0.15, 0.2) is 18.5 Å². The monoisotopic (exact) mass is 307 g/mol. The van der Waals surface area contributed by atoms with E-state index in [1.165, 1.54) is 0 Å². The first-order valence-corrected chi connectivity index (χ1v) is 7.64. The molecule has 3 N–H and O–H groups in total. The first-order chi connectivity index (χ1) is 10.3. The van der Waals surface area contributed by atoms with E-state index < -0.39 is 5.54 Å². The molecule has 0 aromatic carbocycles. The Kier molecular flexibility index (Phi) is 4.85. The molecule has 0 atom stereocenters. The Morgan fingerprint density at radius 3 is 2.55 bits per heavy atom. The summed E-state index contributed by atoms with van der Waals surface area (Å²) in [5.41, 5.74) is -1.02. The van der Waals surface area contributed by atoms with Crippen LogP contribution < -0.4 is 16.0 Å². The zero-order valence-electron chi connectivity index (χ0n) is 13.5. The van der Waals surface area contributed by atoms with Gasteiger partial charge in [-0.1, -0.05) is 0 Å². The fraction of sp³-hybridized carbons (Fsp3) is 0.667. The third-order valence-corrected chi connectivity index (χ3v) is 3.72. The lowest BCUT2D eigenvalue weighted by atomic mass is 9.87. The maximum Gasteiger partial charge on any atom is 0.248 e. The number of nitrogens with one attached hydrogen (secondary N) is 3. The average molecular weight is 307 g/mol. The second-order valence-electron chi connectivity index (χ2n) is 6.71. The van der Waals surface area contributed by atoms with Crippen LogP contribution in [0.2, 0.25) is 0 Å². The van der Waals surface area contributed by atoms with Crippen LogP contribution in [-0.4, -0.2) is 46.8 Å². The van der Waals surface area contributed by atoms with Crippen LogP contribution in [0.3, 0.4) is 0 Å². The van der Waals surface area contributed by atoms with Crippen LogP contribution in [0, 0.1) is 0 Å². The molecule has 1 fully saturated rings. The molecule has 1 saturated heterocycles. The molecule has 0 radical (unpaired) electrons. The number of hydrogen-bond donors (Lipinski definition) is 3. The van der Waals surface area contributed by atoms with E-state index in [0.29, 0.717) is 12.8 Å². The lowest BCUT2D eigenvalue weighted by Crippen LogP contribution is -2.56. The van der Waals surface area contributed by atoms with Crippen LogP contribution in [-0.2, 0) is 15.1 Å². The van der Waals surface area contributed by atoms with Crippen LogP contribution in [0.4, 0.5) is 0 Å². The molecule has 2 rings (SSSR count). The van der Waals surface area contributed by atoms with Crippen LogP contribution in [0.1, 0.15) is 33.6 Å². The van der Waals surface area contributed by atoms with Gasteiger partial charge in [-0.3, -0.25) is 14.3 Å². The van der Waals surface area contributed by atoms with Crippen molar-refractivity contribution < 1.29 is 9.59 Å². The van der Waals surface area contributed by atoms with Gasteiger partial charge in [0.05, 0.1) is 6.54 Å². The molecule has 0 aliphatic carbocycles. The minimum Gasteiger partial charge on any atom is -0.350 e. The summed E-state index contributed by atoms with van der Waals surface area (Å²) in [6.45, 7) is 7.20. The summed E-state index contributed by atoms with van der Waals surface area (Å²) in [6.07, 6.45) is 4.78. The predicted molar refractivity (Wildman–Crippen MR) is 83.2 cm³/mol. The SMILES string of the molecule is CC(C)(C)NC(=O)CNC(=O)C1(n2cccn2)CCNCC1. The van der Waals surface area contributed by atoms with Gasteiger partial charge in [0, 0.05) is 17.9 Å². The Hall–Kier alpha value is -1.89. The van der Waals surface area contributed by atoms with Gasteiger partial charge in [0.25, 0.3) is 0 Å². The second-order valence-corrected chi connectivity index (χ2v) is 6.71. The highest BCUT2D eigenvalue weighted by Gasteiger charge is 2.42. The van der Waals surface area contributed by atoms with Crippen molar-refractivity contribution in [3.05, 3.63) is 18.5 Å². The molecule has 1 aliphatic rings. The zero-order valence-corrected chi connectivity index (χ0v) is 13.5. The van der Waals surface area contributed by atoms with E-state index in [2.05, 4.69) is 21.0 Å². The van der Waals surface area contributed by atoms with Gasteiger partial charge in [-0.15, -0.1) is 0 Å². The highest BCUT2D eigenvalue weighted by molar-refractivity contribution is 5.89. The number of hydrogen-bond acceptors (Lipinski definition) is 4. The molecule has 7 heteroatoms. The maximum atomic E-state index is 12.7. The van der Waals surface area contributed by atoms with Crippen molar-refractivity contribution in [2.75, 3.05) is 19.6 Å². The molecule has 0 spiro atoms. The molecule has 2 heterocycles. The van der Waals surface area contributed by atoms with Crippen molar-refractivity contribution in [3.63, 3.8) is 0 Å². The number of carbonyl (C=O) groups is 2. The molecule has 0 unspecified atom stereocenters. The predicted octanol–water partition coefficient (Wildman–Crippen LogP) is -0.00730. The van der Waals surface area contributed by atoms with E-state index in [1.807, 2.05) is 26.8 Å². The van der Waals surface area contributed by atoms with Gasteiger partial charge in [-0.05, 0) is 52.8 Å². The molecular weight excluding hydrogens is 282 g/mol. The Morgan fingerprint density at radius 1 is 1.32 bits per heavy atom. The summed E-state index contributed by atoms with van der Waals surface area (Å²) < 4.78 is 1.71. The quantitative estimate of drug-likeness (QED) is 0.730. The number of piperidine rings is 1. The Balaban J connectivity index is 2.03. The third-order valence-electron chi connectivity index (χ3n) is 3.72. The van der Waals surface area contributed by atoms with Crippen molar-refractivity contribution in [1.82, 2.24) is 25.7 Å². The smallest absolute Gasteiger partial charge is 0.248 e. The fourth-order valence-electron chi connectivity index (χ4n) is 2.71. The molecular formula is C15H25N5O2. The molecule has 1 aromatic rings. The summed E-state index contributed by atoms with van der Waals surface area (Å²) in [5, 5.41) is 13.1. The van der Waals surface area contributed by atoms with E-state index in [1.54, 1.807) is 17.1 Å². The summed E-state index contributed by atoms with van der Waals surface area (Å²) >= 11 is 0. The standard InChI is InChI=1S/C15H25N5O2/c1-14(2,3)19-12(21)11-17-13(22)15(5-8-16-9-6-15)20-10-4-7-18-20/h4,7,10,16H,5-6,8-9,11H2,1-3H3,(H,17,22)(H,19,21). The van der Waals surface area contributed by atoms with Gasteiger partial charge in [-0.25, -0.2) is 0 Å². The fourth-order valence-corrected chi connectivity index (χ4v) is 2.71. The molecule has 1 aromatic heterocycles. The molecule has 22 heavy (non-hydrogen) atoms. The molecule has 0 saturated carbocycles. The Bertz CT molecular complexity index is 513. The van der Waals surface area contributed by atoms with Gasteiger partial charge in [0.2, 0.25) is 11.8 Å². The van der Waals surface area contributed by atoms with Crippen molar-refractivity contribution >= 4 is 11.8 Å². The largest absolute Gasteiger partial charge is 0.350 e. The van der Waals surface area contributed by atoms with E-state index >= 15 is 0 Å². The summed E-state index contributed by atoms with van der Waals surface area (Å²) in [7, 11) is 0. The highest BCUT2D eigenvalue weighted by Crippen LogP contribution is 2.26. The number of rotatable bonds is 4. The minimum atomic E-state index is -0.712. The van der Waals surface area contributed by atoms with Crippen LogP contribution >= 0.6 is 0 Å². The number of amides is 2. The van der Waals surface area contributed by atoms with Crippen molar-refractivity contribution in [2.24, 2.45) is 0 Å². The Morgan fingerprint density at radius 2 is 2.00 bits per heavy atom. The number of nitrogens with zero attached hydrogens (tertiary/aromatic N) is 2. The lowest BCUT2D eigenvalue weighted by Gasteiger charge is -2.36. The minimum absolute atomic E-state index is 0.0213. The summed E-state index contributed by atoms with van der Waals surface area (Å²) in [4.78, 5) is 24.6. The lowest BCUT2D eigenvalue weighted by molar-refractivity contribution is -0.134. The molecule has 0 bridgehead atoms. The van der Waals surface area contributed by atoms with Gasteiger partial charge < -0.3 is 16.0 Å². The van der Waals surface area contributed by atoms with Gasteiger partial charge in [-0.2, -0.15) is 5.10 Å². The highest BCUT2D eigenvalue weighted by atomic mass is 16.2. The van der Waals surface area contributed by atoms with E-state index in [0.717, 1.165) is 13.1 Å². The second kappa shape index (κ2) is 6.48. The molecule has 1 aliphatic heterocycles. The maximum absolute atomic E-state index is 12.7. The summed E-state index contributed by atoms with van der Waals surface area (Å²) in [6, 6.07) is 1.81. The third kappa shape index (κ3) is 3.85. The first-order valence-electron chi connectivity index (χ1n) is 7.64. The van der Waals surface area contributed by atoms with Crippen molar-refractivity contribution in [1.29, 1.82) is 0 Å². The van der Waals surface area contributed by atoms with E-state index in [9.17, 15) is 9.59 Å². The van der Waals surface area contributed by atoms with Gasteiger partial charge >= 0.3 is 0 Å². The van der Waals surface area contributed by atoms with Crippen LogP contribution in [0.5, 0.6) is 0 Å². The summed E-state index contributed by atoms with van der Waals surface area (Å²) in [5.74, 6) is -0.341. The van der Waals surface area contributed by atoms with E-state index in [-0.39, 0.29) is 23.9 Å². The topological polar surface area (TPSA) is 88.1 Å². The first kappa shape index (κ1) is 16.5.